The van der Waals surface area contributed by atoms with Gasteiger partial charge >= 0.3 is 0 Å². The minimum absolute atomic E-state index is 0.213. The number of hydrogen-bond acceptors (Lipinski definition) is 4. The Morgan fingerprint density at radius 3 is 2.41 bits per heavy atom. The lowest BCUT2D eigenvalue weighted by Crippen LogP contribution is -2.23. The Morgan fingerprint density at radius 1 is 1.00 bits per heavy atom. The lowest BCUT2D eigenvalue weighted by Gasteiger charge is -2.12. The third kappa shape index (κ3) is 3.71. The van der Waals surface area contributed by atoms with Crippen molar-refractivity contribution in [3.63, 3.8) is 0 Å². The highest BCUT2D eigenvalue weighted by Crippen LogP contribution is 2.22. The molecule has 0 amide bonds. The van der Waals surface area contributed by atoms with Crippen LogP contribution in [0.3, 0.4) is 0 Å². The van der Waals surface area contributed by atoms with Gasteiger partial charge in [0.25, 0.3) is 0 Å². The van der Waals surface area contributed by atoms with Crippen LogP contribution < -0.4 is 4.74 Å². The van der Waals surface area contributed by atoms with Gasteiger partial charge in [-0.05, 0) is 23.3 Å². The van der Waals surface area contributed by atoms with Gasteiger partial charge < -0.3 is 9.84 Å². The van der Waals surface area contributed by atoms with Crippen LogP contribution in [0.4, 0.5) is 0 Å². The van der Waals surface area contributed by atoms with Crippen molar-refractivity contribution >= 4 is 0 Å². The van der Waals surface area contributed by atoms with Crippen LogP contribution in [-0.2, 0) is 6.54 Å². The Balaban J connectivity index is 1.55. The van der Waals surface area contributed by atoms with E-state index in [-0.39, 0.29) is 6.61 Å². The summed E-state index contributed by atoms with van der Waals surface area (Å²) in [7, 11) is 0. The maximum atomic E-state index is 9.90. The molecule has 0 fully saturated rings. The van der Waals surface area contributed by atoms with E-state index in [0.29, 0.717) is 6.54 Å². The molecule has 5 nitrogen and oxygen atoms in total. The summed E-state index contributed by atoms with van der Waals surface area (Å²) in [6, 6.07) is 18.0. The van der Waals surface area contributed by atoms with Crippen LogP contribution in [0.15, 0.2) is 67.3 Å². The Kier molecular flexibility index (Phi) is 4.46. The average Bonchev–Trinajstić information content (AvgIpc) is 3.07. The van der Waals surface area contributed by atoms with E-state index in [1.54, 1.807) is 11.0 Å². The number of benzene rings is 2. The number of aromatic nitrogens is 3. The first-order chi connectivity index (χ1) is 10.8. The second kappa shape index (κ2) is 6.87. The summed E-state index contributed by atoms with van der Waals surface area (Å²) in [6.45, 7) is 0.576. The highest BCUT2D eigenvalue weighted by atomic mass is 16.5. The SMILES string of the molecule is OC(COc1ccc(-c2ccccc2)cc1)Cn1cncn1. The Hall–Kier alpha value is -2.66. The number of aliphatic hydroxyl groups excluding tert-OH is 1. The zero-order valence-corrected chi connectivity index (χ0v) is 12.0. The molecule has 0 spiro atoms. The summed E-state index contributed by atoms with van der Waals surface area (Å²) in [6.07, 6.45) is 2.38. The quantitative estimate of drug-likeness (QED) is 0.758. The normalized spacial score (nSPS) is 12.0. The fraction of sp³-hybridized carbons (Fsp3) is 0.176. The second-order valence-corrected chi connectivity index (χ2v) is 4.97. The molecule has 1 atom stereocenters. The Bertz CT molecular complexity index is 682. The van der Waals surface area contributed by atoms with Gasteiger partial charge in [-0.1, -0.05) is 42.5 Å². The molecule has 112 valence electrons. The molecule has 0 bridgehead atoms. The molecule has 2 aromatic carbocycles. The van der Waals surface area contributed by atoms with Crippen molar-refractivity contribution in [1.29, 1.82) is 0 Å². The molecule has 0 aliphatic heterocycles. The van der Waals surface area contributed by atoms with Gasteiger partial charge in [0.2, 0.25) is 0 Å². The van der Waals surface area contributed by atoms with Crippen molar-refractivity contribution in [2.24, 2.45) is 0 Å². The first kappa shape index (κ1) is 14.3. The van der Waals surface area contributed by atoms with Gasteiger partial charge in [-0.25, -0.2) is 4.98 Å². The molecule has 1 unspecified atom stereocenters. The maximum absolute atomic E-state index is 9.90. The van der Waals surface area contributed by atoms with E-state index in [0.717, 1.165) is 11.3 Å². The van der Waals surface area contributed by atoms with Crippen LogP contribution >= 0.6 is 0 Å². The summed E-state index contributed by atoms with van der Waals surface area (Å²) >= 11 is 0. The van der Waals surface area contributed by atoms with E-state index in [4.69, 9.17) is 4.74 Å². The van der Waals surface area contributed by atoms with Gasteiger partial charge in [0, 0.05) is 0 Å². The first-order valence-electron chi connectivity index (χ1n) is 7.10. The standard InChI is InChI=1S/C17H17N3O2/c21-16(10-20-13-18-12-19-20)11-22-17-8-6-15(7-9-17)14-4-2-1-3-5-14/h1-9,12-13,16,21H,10-11H2. The van der Waals surface area contributed by atoms with E-state index >= 15 is 0 Å². The highest BCUT2D eigenvalue weighted by Gasteiger charge is 2.07. The number of aliphatic hydroxyl groups is 1. The molecule has 1 heterocycles. The topological polar surface area (TPSA) is 60.2 Å². The van der Waals surface area contributed by atoms with E-state index in [1.165, 1.54) is 11.9 Å². The highest BCUT2D eigenvalue weighted by molar-refractivity contribution is 5.63. The maximum Gasteiger partial charge on any atom is 0.137 e. The molecule has 0 saturated heterocycles. The fourth-order valence-corrected chi connectivity index (χ4v) is 2.16. The Morgan fingerprint density at radius 2 is 1.73 bits per heavy atom. The van der Waals surface area contributed by atoms with Crippen LogP contribution in [0.2, 0.25) is 0 Å². The predicted molar refractivity (Wildman–Crippen MR) is 83.4 cm³/mol. The predicted octanol–water partition coefficient (Wildman–Crippen LogP) is 2.38. The molecule has 1 aromatic heterocycles. The number of rotatable bonds is 6. The number of hydrogen-bond donors (Lipinski definition) is 1. The molecule has 0 aliphatic carbocycles. The summed E-state index contributed by atoms with van der Waals surface area (Å²) in [4.78, 5) is 3.83. The van der Waals surface area contributed by atoms with Crippen molar-refractivity contribution in [3.05, 3.63) is 67.3 Å². The van der Waals surface area contributed by atoms with Gasteiger partial charge in [-0.3, -0.25) is 4.68 Å². The molecule has 0 saturated carbocycles. The second-order valence-electron chi connectivity index (χ2n) is 4.97. The number of nitrogens with zero attached hydrogens (tertiary/aromatic N) is 3. The molecule has 1 N–H and O–H groups in total. The van der Waals surface area contributed by atoms with Crippen LogP contribution in [-0.4, -0.2) is 32.6 Å². The summed E-state index contributed by atoms with van der Waals surface area (Å²) < 4.78 is 7.17. The van der Waals surface area contributed by atoms with Crippen molar-refractivity contribution < 1.29 is 9.84 Å². The summed E-state index contributed by atoms with van der Waals surface area (Å²) in [5.74, 6) is 0.734. The molecule has 5 heteroatoms. The molecular formula is C17H17N3O2. The molecule has 0 radical (unpaired) electrons. The molecular weight excluding hydrogens is 278 g/mol. The largest absolute Gasteiger partial charge is 0.491 e. The van der Waals surface area contributed by atoms with E-state index in [2.05, 4.69) is 22.2 Å². The van der Waals surface area contributed by atoms with Crippen LogP contribution in [0.25, 0.3) is 11.1 Å². The van der Waals surface area contributed by atoms with Crippen LogP contribution in [0, 0.1) is 0 Å². The monoisotopic (exact) mass is 295 g/mol. The van der Waals surface area contributed by atoms with Gasteiger partial charge in [0.05, 0.1) is 6.54 Å². The lowest BCUT2D eigenvalue weighted by molar-refractivity contribution is 0.0892. The van der Waals surface area contributed by atoms with E-state index < -0.39 is 6.10 Å². The van der Waals surface area contributed by atoms with Crippen LogP contribution in [0.5, 0.6) is 5.75 Å². The zero-order chi connectivity index (χ0) is 15.2. The molecule has 22 heavy (non-hydrogen) atoms. The smallest absolute Gasteiger partial charge is 0.137 e. The fourth-order valence-electron chi connectivity index (χ4n) is 2.16. The van der Waals surface area contributed by atoms with Crippen molar-refractivity contribution in [1.82, 2.24) is 14.8 Å². The molecule has 0 aliphatic rings. The number of ether oxygens (including phenoxy) is 1. The summed E-state index contributed by atoms with van der Waals surface area (Å²) in [5, 5.41) is 13.8. The van der Waals surface area contributed by atoms with Crippen molar-refractivity contribution in [2.75, 3.05) is 6.61 Å². The third-order valence-corrected chi connectivity index (χ3v) is 3.27. The van der Waals surface area contributed by atoms with Gasteiger partial charge in [-0.2, -0.15) is 5.10 Å². The summed E-state index contributed by atoms with van der Waals surface area (Å²) in [5.41, 5.74) is 2.30. The van der Waals surface area contributed by atoms with E-state index in [1.807, 2.05) is 42.5 Å². The van der Waals surface area contributed by atoms with Gasteiger partial charge in [-0.15, -0.1) is 0 Å². The lowest BCUT2D eigenvalue weighted by atomic mass is 10.1. The molecule has 3 aromatic rings. The van der Waals surface area contributed by atoms with Gasteiger partial charge in [0.15, 0.2) is 0 Å². The zero-order valence-electron chi connectivity index (χ0n) is 12.0. The minimum Gasteiger partial charge on any atom is -0.491 e. The van der Waals surface area contributed by atoms with Gasteiger partial charge in [0.1, 0.15) is 31.1 Å². The first-order valence-corrected chi connectivity index (χ1v) is 7.10. The van der Waals surface area contributed by atoms with Crippen molar-refractivity contribution in [3.8, 4) is 16.9 Å². The minimum atomic E-state index is -0.629. The van der Waals surface area contributed by atoms with Crippen LogP contribution in [0.1, 0.15) is 0 Å². The molecule has 3 rings (SSSR count). The average molecular weight is 295 g/mol. The van der Waals surface area contributed by atoms with Crippen molar-refractivity contribution in [2.45, 2.75) is 12.6 Å². The third-order valence-electron chi connectivity index (χ3n) is 3.27. The Labute approximate surface area is 128 Å². The van der Waals surface area contributed by atoms with E-state index in [9.17, 15) is 5.11 Å².